The van der Waals surface area contributed by atoms with Crippen molar-refractivity contribution in [1.29, 1.82) is 0 Å². The Kier molecular flexibility index (Phi) is 2.53. The second-order valence-corrected chi connectivity index (χ2v) is 9.11. The number of carboxylic acid groups (broad SMARTS) is 1. The largest absolute Gasteiger partial charge is 0.481 e. The Balaban J connectivity index is 1.77. The number of ether oxygens (including phenoxy) is 1. The van der Waals surface area contributed by atoms with Crippen LogP contribution in [0.15, 0.2) is 12.2 Å². The van der Waals surface area contributed by atoms with Crippen LogP contribution in [0.5, 0.6) is 0 Å². The summed E-state index contributed by atoms with van der Waals surface area (Å²) in [5, 5.41) is 21.1. The lowest BCUT2D eigenvalue weighted by Gasteiger charge is -2.46. The van der Waals surface area contributed by atoms with Crippen molar-refractivity contribution >= 4 is 11.9 Å². The van der Waals surface area contributed by atoms with Gasteiger partial charge >= 0.3 is 11.9 Å². The molecule has 4 saturated carbocycles. The van der Waals surface area contributed by atoms with Gasteiger partial charge in [-0.3, -0.25) is 9.59 Å². The Hall–Kier alpha value is -1.36. The second kappa shape index (κ2) is 4.06. The van der Waals surface area contributed by atoms with E-state index in [0.29, 0.717) is 25.2 Å². The molecule has 1 saturated heterocycles. The minimum atomic E-state index is -0.997. The van der Waals surface area contributed by atoms with Crippen molar-refractivity contribution in [2.45, 2.75) is 57.2 Å². The molecule has 0 aromatic rings. The van der Waals surface area contributed by atoms with Gasteiger partial charge in [0.2, 0.25) is 0 Å². The first-order valence-corrected chi connectivity index (χ1v) is 9.09. The van der Waals surface area contributed by atoms with E-state index in [9.17, 15) is 19.8 Å². The van der Waals surface area contributed by atoms with Gasteiger partial charge < -0.3 is 14.9 Å². The van der Waals surface area contributed by atoms with E-state index in [1.54, 1.807) is 0 Å². The molecule has 5 fully saturated rings. The summed E-state index contributed by atoms with van der Waals surface area (Å²) < 4.78 is 5.96. The smallest absolute Gasteiger partial charge is 0.312 e. The van der Waals surface area contributed by atoms with E-state index in [2.05, 4.69) is 6.58 Å². The van der Waals surface area contributed by atoms with Gasteiger partial charge in [0.15, 0.2) is 0 Å². The molecule has 5 aliphatic rings. The fraction of sp³-hybridized carbons (Fsp3) is 0.789. The number of hydrogen-bond donors (Lipinski definition) is 2. The van der Waals surface area contributed by atoms with Crippen LogP contribution in [0.1, 0.15) is 45.4 Å². The van der Waals surface area contributed by atoms with Crippen LogP contribution < -0.4 is 0 Å². The van der Waals surface area contributed by atoms with E-state index >= 15 is 0 Å². The lowest BCUT2D eigenvalue weighted by Crippen LogP contribution is -2.56. The minimum Gasteiger partial charge on any atom is -0.481 e. The first-order chi connectivity index (χ1) is 11.3. The molecular weight excluding hydrogens is 308 g/mol. The maximum atomic E-state index is 12.7. The number of hydrogen-bond acceptors (Lipinski definition) is 4. The number of esters is 1. The van der Waals surface area contributed by atoms with Crippen LogP contribution in [-0.2, 0) is 14.3 Å². The zero-order valence-corrected chi connectivity index (χ0v) is 14.0. The molecule has 0 radical (unpaired) electrons. The normalized spacial score (nSPS) is 57.5. The fourth-order valence-electron chi connectivity index (χ4n) is 7.63. The third kappa shape index (κ3) is 1.29. The highest BCUT2D eigenvalue weighted by atomic mass is 16.6. The van der Waals surface area contributed by atoms with Gasteiger partial charge in [-0.25, -0.2) is 0 Å². The van der Waals surface area contributed by atoms with Crippen LogP contribution in [0.4, 0.5) is 0 Å². The monoisotopic (exact) mass is 332 g/mol. The van der Waals surface area contributed by atoms with Gasteiger partial charge in [0.05, 0.1) is 17.4 Å². The molecule has 0 aromatic heterocycles. The molecule has 1 spiro atoms. The predicted molar refractivity (Wildman–Crippen MR) is 83.8 cm³/mol. The number of aliphatic hydroxyl groups excluding tert-OH is 1. The summed E-state index contributed by atoms with van der Waals surface area (Å²) in [6.07, 6.45) is 3.60. The van der Waals surface area contributed by atoms with Crippen molar-refractivity contribution in [2.24, 2.45) is 34.5 Å². The first kappa shape index (κ1) is 14.9. The molecule has 1 heterocycles. The number of aliphatic carboxylic acids is 1. The van der Waals surface area contributed by atoms with Crippen molar-refractivity contribution in [3.05, 3.63) is 12.2 Å². The average Bonchev–Trinajstić information content (AvgIpc) is 2.99. The van der Waals surface area contributed by atoms with Gasteiger partial charge in [-0.05, 0) is 56.8 Å². The third-order valence-electron chi connectivity index (χ3n) is 8.39. The van der Waals surface area contributed by atoms with E-state index in [1.165, 1.54) is 0 Å². The predicted octanol–water partition coefficient (Wildman–Crippen LogP) is 2.14. The van der Waals surface area contributed by atoms with Gasteiger partial charge in [-0.15, -0.1) is 0 Å². The van der Waals surface area contributed by atoms with Gasteiger partial charge in [0.1, 0.15) is 5.60 Å². The Morgan fingerprint density at radius 3 is 2.79 bits per heavy atom. The van der Waals surface area contributed by atoms with Crippen molar-refractivity contribution in [3.63, 3.8) is 0 Å². The molecular formula is C19H24O5. The van der Waals surface area contributed by atoms with Crippen molar-refractivity contribution in [3.8, 4) is 0 Å². The van der Waals surface area contributed by atoms with Crippen LogP contribution in [0.3, 0.4) is 0 Å². The Labute approximate surface area is 141 Å². The van der Waals surface area contributed by atoms with E-state index in [4.69, 9.17) is 4.74 Å². The zero-order chi connectivity index (χ0) is 17.1. The van der Waals surface area contributed by atoms with E-state index in [1.807, 2.05) is 6.92 Å². The van der Waals surface area contributed by atoms with Crippen LogP contribution in [-0.4, -0.2) is 33.9 Å². The van der Waals surface area contributed by atoms with Crippen molar-refractivity contribution in [2.75, 3.05) is 0 Å². The third-order valence-corrected chi connectivity index (χ3v) is 8.39. The number of fused-ring (bicyclic) bond motifs is 1. The molecule has 4 bridgehead atoms. The number of carbonyl (C=O) groups excluding carboxylic acids is 1. The number of allylic oxidation sites excluding steroid dienone is 1. The van der Waals surface area contributed by atoms with Crippen molar-refractivity contribution in [1.82, 2.24) is 0 Å². The van der Waals surface area contributed by atoms with Gasteiger partial charge in [-0.1, -0.05) is 12.2 Å². The highest BCUT2D eigenvalue weighted by molar-refractivity contribution is 5.85. The molecule has 24 heavy (non-hydrogen) atoms. The maximum Gasteiger partial charge on any atom is 0.312 e. The van der Waals surface area contributed by atoms with Gasteiger partial charge in [0.25, 0.3) is 0 Å². The maximum absolute atomic E-state index is 12.7. The van der Waals surface area contributed by atoms with E-state index < -0.39 is 40.3 Å². The average molecular weight is 332 g/mol. The minimum absolute atomic E-state index is 0.0623. The van der Waals surface area contributed by atoms with E-state index in [0.717, 1.165) is 24.8 Å². The molecule has 0 amide bonds. The molecule has 8 atom stereocenters. The van der Waals surface area contributed by atoms with Crippen molar-refractivity contribution < 1.29 is 24.5 Å². The first-order valence-electron chi connectivity index (χ1n) is 9.09. The molecule has 5 rings (SSSR count). The summed E-state index contributed by atoms with van der Waals surface area (Å²) in [5.74, 6) is -1.86. The lowest BCUT2D eigenvalue weighted by atomic mass is 9.59. The molecule has 1 unspecified atom stereocenters. The molecule has 5 nitrogen and oxygen atoms in total. The zero-order valence-electron chi connectivity index (χ0n) is 14.0. The molecule has 1 aliphatic heterocycles. The number of rotatable bonds is 1. The van der Waals surface area contributed by atoms with Crippen LogP contribution in [0.25, 0.3) is 0 Å². The van der Waals surface area contributed by atoms with E-state index in [-0.39, 0.29) is 11.9 Å². The topological polar surface area (TPSA) is 83.8 Å². The summed E-state index contributed by atoms with van der Waals surface area (Å²) in [5.41, 5.74) is -1.03. The van der Waals surface area contributed by atoms with Crippen LogP contribution in [0, 0.1) is 34.5 Å². The summed E-state index contributed by atoms with van der Waals surface area (Å²) in [6, 6.07) is 0. The SMILES string of the molecule is C=C1C[C@]23CC1CC[C@H]2[C@]12OC(=O)[C@](C)(CC[C@H]1O)[C@H]2[C@@H]3C(=O)O. The Morgan fingerprint density at radius 2 is 2.08 bits per heavy atom. The summed E-state index contributed by atoms with van der Waals surface area (Å²) in [6.45, 7) is 6.07. The standard InChI is InChI=1S/C19H24O5/c1-9-7-18-8-10(9)3-4-11(18)19-12(20)5-6-17(2,16(23)24-19)14(19)13(18)15(21)22/h10-14,20H,1,3-8H2,2H3,(H,21,22)/t10?,11-,12-,13-,14-,17-,18+,19+/m1/s1. The molecule has 2 N–H and O–H groups in total. The highest BCUT2D eigenvalue weighted by Gasteiger charge is 2.83. The van der Waals surface area contributed by atoms with Crippen LogP contribution >= 0.6 is 0 Å². The highest BCUT2D eigenvalue weighted by Crippen LogP contribution is 2.77. The molecule has 130 valence electrons. The fourth-order valence-corrected chi connectivity index (χ4v) is 7.63. The lowest BCUT2D eigenvalue weighted by molar-refractivity contribution is -0.175. The Morgan fingerprint density at radius 1 is 1.33 bits per heavy atom. The quantitative estimate of drug-likeness (QED) is 0.568. The molecule has 0 aromatic carbocycles. The summed E-state index contributed by atoms with van der Waals surface area (Å²) in [7, 11) is 0. The molecule has 5 heteroatoms. The number of carbonyl (C=O) groups is 2. The van der Waals surface area contributed by atoms with Crippen LogP contribution in [0.2, 0.25) is 0 Å². The number of aliphatic hydroxyl groups is 1. The summed E-state index contributed by atoms with van der Waals surface area (Å²) in [4.78, 5) is 25.1. The number of carboxylic acids is 1. The Bertz CT molecular complexity index is 685. The van der Waals surface area contributed by atoms with Gasteiger partial charge in [0, 0.05) is 11.8 Å². The molecule has 4 aliphatic carbocycles. The summed E-state index contributed by atoms with van der Waals surface area (Å²) >= 11 is 0. The second-order valence-electron chi connectivity index (χ2n) is 9.11. The van der Waals surface area contributed by atoms with Gasteiger partial charge in [-0.2, -0.15) is 0 Å².